The molecule has 0 aliphatic rings. The molecule has 6 nitrogen and oxygen atoms in total. The fraction of sp³-hybridized carbons (Fsp3) is 0. The van der Waals surface area contributed by atoms with Gasteiger partial charge in [0.15, 0.2) is 11.2 Å². The Bertz CT molecular complexity index is 758. The maximum Gasteiger partial charge on any atom is 0.288 e. The van der Waals surface area contributed by atoms with E-state index < -0.39 is 0 Å². The molecule has 8 heteroatoms. The molecule has 0 bridgehead atoms. The molecule has 0 aliphatic heterocycles. The molecule has 0 saturated carbocycles. The lowest BCUT2D eigenvalue weighted by Crippen LogP contribution is -2.22. The standard InChI is InChI=1S/C9H6BrN5OS/c10-4-1-5(17-2-4)15-8(16)6-7(13-3-12-6)14-9(15)11/h1-3H,(H2,11,14)(H,12,13). The van der Waals surface area contributed by atoms with Crippen LogP contribution in [-0.4, -0.2) is 19.5 Å². The molecule has 0 amide bonds. The van der Waals surface area contributed by atoms with Crippen LogP contribution >= 0.6 is 27.3 Å². The molecule has 0 spiro atoms. The van der Waals surface area contributed by atoms with E-state index in [1.807, 2.05) is 11.4 Å². The molecule has 3 N–H and O–H groups in total. The van der Waals surface area contributed by atoms with Crippen LogP contribution < -0.4 is 11.3 Å². The van der Waals surface area contributed by atoms with Gasteiger partial charge in [-0.25, -0.2) is 9.55 Å². The van der Waals surface area contributed by atoms with Gasteiger partial charge in [-0.05, 0) is 22.0 Å². The van der Waals surface area contributed by atoms with Gasteiger partial charge in [-0.3, -0.25) is 4.79 Å². The van der Waals surface area contributed by atoms with Crippen LogP contribution in [0.4, 0.5) is 5.95 Å². The highest BCUT2D eigenvalue weighted by atomic mass is 79.9. The molecule has 86 valence electrons. The molecular weight excluding hydrogens is 306 g/mol. The summed E-state index contributed by atoms with van der Waals surface area (Å²) in [4.78, 5) is 23.0. The summed E-state index contributed by atoms with van der Waals surface area (Å²) in [6.45, 7) is 0. The molecular formula is C9H6BrN5OS. The zero-order valence-corrected chi connectivity index (χ0v) is 10.7. The number of imidazole rings is 1. The second kappa shape index (κ2) is 3.67. The molecule has 0 fully saturated rings. The fourth-order valence-corrected chi connectivity index (χ4v) is 2.96. The normalized spacial score (nSPS) is 11.1. The summed E-state index contributed by atoms with van der Waals surface area (Å²) in [5.74, 6) is 0.140. The van der Waals surface area contributed by atoms with Crippen LogP contribution in [0.15, 0.2) is 27.0 Å². The number of nitrogen functional groups attached to an aromatic ring is 1. The van der Waals surface area contributed by atoms with Crippen molar-refractivity contribution in [3.05, 3.63) is 32.6 Å². The van der Waals surface area contributed by atoms with E-state index in [0.717, 1.165) is 4.47 Å². The number of nitrogens with zero attached hydrogens (tertiary/aromatic N) is 3. The Morgan fingerprint density at radius 1 is 1.53 bits per heavy atom. The van der Waals surface area contributed by atoms with Gasteiger partial charge in [-0.1, -0.05) is 0 Å². The van der Waals surface area contributed by atoms with Crippen molar-refractivity contribution < 1.29 is 0 Å². The molecule has 0 aliphatic carbocycles. The number of thiophene rings is 1. The lowest BCUT2D eigenvalue weighted by Gasteiger charge is -2.04. The maximum absolute atomic E-state index is 12.2. The number of hydrogen-bond acceptors (Lipinski definition) is 5. The van der Waals surface area contributed by atoms with E-state index in [1.54, 1.807) is 0 Å². The van der Waals surface area contributed by atoms with Crippen LogP contribution in [0, 0.1) is 0 Å². The van der Waals surface area contributed by atoms with Crippen molar-refractivity contribution >= 4 is 44.4 Å². The third kappa shape index (κ3) is 1.56. The first kappa shape index (κ1) is 10.5. The highest BCUT2D eigenvalue weighted by molar-refractivity contribution is 9.10. The number of aromatic nitrogens is 4. The number of halogens is 1. The molecule has 3 aromatic rings. The molecule has 3 aromatic heterocycles. The van der Waals surface area contributed by atoms with E-state index in [0.29, 0.717) is 10.6 Å². The summed E-state index contributed by atoms with van der Waals surface area (Å²) < 4.78 is 2.24. The number of hydrogen-bond donors (Lipinski definition) is 2. The van der Waals surface area contributed by atoms with Gasteiger partial charge in [-0.15, -0.1) is 11.3 Å². The largest absolute Gasteiger partial charge is 0.369 e. The highest BCUT2D eigenvalue weighted by Crippen LogP contribution is 2.24. The van der Waals surface area contributed by atoms with Crippen molar-refractivity contribution in [3.8, 4) is 5.00 Å². The molecule has 3 heterocycles. The smallest absolute Gasteiger partial charge is 0.288 e. The lowest BCUT2D eigenvalue weighted by molar-refractivity contribution is 0.995. The van der Waals surface area contributed by atoms with Crippen molar-refractivity contribution in [2.24, 2.45) is 0 Å². The van der Waals surface area contributed by atoms with Gasteiger partial charge < -0.3 is 10.7 Å². The highest BCUT2D eigenvalue weighted by Gasteiger charge is 2.13. The second-order valence-corrected chi connectivity index (χ2v) is 5.12. The average Bonchev–Trinajstić information content (AvgIpc) is 2.87. The first-order chi connectivity index (χ1) is 8.16. The van der Waals surface area contributed by atoms with E-state index in [4.69, 9.17) is 5.73 Å². The maximum atomic E-state index is 12.2. The number of anilines is 1. The van der Waals surface area contributed by atoms with Crippen molar-refractivity contribution in [2.75, 3.05) is 5.73 Å². The van der Waals surface area contributed by atoms with Crippen LogP contribution in [0.5, 0.6) is 0 Å². The Morgan fingerprint density at radius 2 is 2.35 bits per heavy atom. The number of rotatable bonds is 1. The van der Waals surface area contributed by atoms with Crippen LogP contribution in [0.2, 0.25) is 0 Å². The minimum absolute atomic E-state index is 0.140. The van der Waals surface area contributed by atoms with E-state index in [1.165, 1.54) is 22.2 Å². The molecule has 0 radical (unpaired) electrons. The predicted molar refractivity (Wildman–Crippen MR) is 69.5 cm³/mol. The molecule has 17 heavy (non-hydrogen) atoms. The van der Waals surface area contributed by atoms with Crippen LogP contribution in [0.25, 0.3) is 16.2 Å². The van der Waals surface area contributed by atoms with Crippen LogP contribution in [0.3, 0.4) is 0 Å². The SMILES string of the molecule is Nc1nc2[nH]cnc2c(=O)n1-c1cc(Br)cs1. The van der Waals surface area contributed by atoms with Crippen molar-refractivity contribution in [1.82, 2.24) is 19.5 Å². The summed E-state index contributed by atoms with van der Waals surface area (Å²) in [7, 11) is 0. The summed E-state index contributed by atoms with van der Waals surface area (Å²) in [6, 6.07) is 1.81. The fourth-order valence-electron chi connectivity index (χ4n) is 1.54. The Kier molecular flexibility index (Phi) is 2.26. The van der Waals surface area contributed by atoms with Gasteiger partial charge >= 0.3 is 0 Å². The van der Waals surface area contributed by atoms with Gasteiger partial charge in [0.05, 0.1) is 6.33 Å². The first-order valence-electron chi connectivity index (χ1n) is 4.63. The zero-order chi connectivity index (χ0) is 12.0. The average molecular weight is 312 g/mol. The van der Waals surface area contributed by atoms with Gasteiger partial charge in [0.25, 0.3) is 5.56 Å². The topological polar surface area (TPSA) is 89.6 Å². The van der Waals surface area contributed by atoms with Crippen LogP contribution in [0.1, 0.15) is 0 Å². The number of nitrogens with two attached hydrogens (primary N) is 1. The number of nitrogens with one attached hydrogen (secondary N) is 1. The third-order valence-electron chi connectivity index (χ3n) is 2.25. The molecule has 0 unspecified atom stereocenters. The summed E-state index contributed by atoms with van der Waals surface area (Å²) >= 11 is 4.73. The molecule has 0 saturated heterocycles. The van der Waals surface area contributed by atoms with Gasteiger partial charge in [0, 0.05) is 9.85 Å². The van der Waals surface area contributed by atoms with E-state index in [-0.39, 0.29) is 17.0 Å². The summed E-state index contributed by atoms with van der Waals surface area (Å²) in [5.41, 5.74) is 6.19. The summed E-state index contributed by atoms with van der Waals surface area (Å²) in [6.07, 6.45) is 1.42. The number of H-pyrrole nitrogens is 1. The molecule has 3 rings (SSSR count). The number of aromatic amines is 1. The molecule has 0 atom stereocenters. The lowest BCUT2D eigenvalue weighted by atomic mass is 10.5. The minimum atomic E-state index is -0.275. The Labute approximate surface area is 107 Å². The van der Waals surface area contributed by atoms with Gasteiger partial charge in [0.2, 0.25) is 5.95 Å². The zero-order valence-electron chi connectivity index (χ0n) is 8.35. The van der Waals surface area contributed by atoms with Gasteiger partial charge in [0.1, 0.15) is 5.00 Å². The number of fused-ring (bicyclic) bond motifs is 1. The van der Waals surface area contributed by atoms with Crippen molar-refractivity contribution in [1.29, 1.82) is 0 Å². The van der Waals surface area contributed by atoms with Gasteiger partial charge in [-0.2, -0.15) is 4.98 Å². The predicted octanol–water partition coefficient (Wildman–Crippen LogP) is 1.51. The van der Waals surface area contributed by atoms with E-state index >= 15 is 0 Å². The first-order valence-corrected chi connectivity index (χ1v) is 6.30. The molecule has 0 aromatic carbocycles. The van der Waals surface area contributed by atoms with E-state index in [2.05, 4.69) is 30.9 Å². The van der Waals surface area contributed by atoms with Crippen LogP contribution in [-0.2, 0) is 0 Å². The summed E-state index contributed by atoms with van der Waals surface area (Å²) in [5, 5.41) is 2.58. The second-order valence-electron chi connectivity index (χ2n) is 3.31. The Balaban J connectivity index is 2.39. The Morgan fingerprint density at radius 3 is 3.06 bits per heavy atom. The van der Waals surface area contributed by atoms with Crippen molar-refractivity contribution in [3.63, 3.8) is 0 Å². The Hall–Kier alpha value is -1.67. The third-order valence-corrected chi connectivity index (χ3v) is 3.93. The monoisotopic (exact) mass is 311 g/mol. The van der Waals surface area contributed by atoms with E-state index in [9.17, 15) is 4.79 Å². The quantitative estimate of drug-likeness (QED) is 0.713. The van der Waals surface area contributed by atoms with Crippen molar-refractivity contribution in [2.45, 2.75) is 0 Å². The minimum Gasteiger partial charge on any atom is -0.369 e.